The molecule has 0 spiro atoms. The van der Waals surface area contributed by atoms with Crippen molar-refractivity contribution >= 4 is 23.1 Å². The number of methoxy groups -OCH3 is 2. The Hall–Kier alpha value is -3.06. The zero-order chi connectivity index (χ0) is 18.4. The van der Waals surface area contributed by atoms with E-state index in [2.05, 4.69) is 15.6 Å². The second kappa shape index (κ2) is 8.35. The summed E-state index contributed by atoms with van der Waals surface area (Å²) in [5, 5.41) is 8.38. The molecule has 0 saturated heterocycles. The number of urea groups is 1. The Labute approximate surface area is 155 Å². The van der Waals surface area contributed by atoms with Crippen molar-refractivity contribution in [2.75, 3.05) is 19.5 Å². The first-order chi connectivity index (χ1) is 12.7. The highest BCUT2D eigenvalue weighted by molar-refractivity contribution is 7.09. The molecule has 1 heterocycles. The van der Waals surface area contributed by atoms with Crippen LogP contribution in [0.3, 0.4) is 0 Å². The number of benzene rings is 2. The molecular weight excluding hydrogens is 350 g/mol. The lowest BCUT2D eigenvalue weighted by Gasteiger charge is -2.07. The van der Waals surface area contributed by atoms with Crippen LogP contribution in [0.25, 0.3) is 11.3 Å². The van der Waals surface area contributed by atoms with Crippen molar-refractivity contribution in [2.24, 2.45) is 0 Å². The first-order valence-corrected chi connectivity index (χ1v) is 8.83. The number of aromatic nitrogens is 1. The van der Waals surface area contributed by atoms with E-state index in [0.717, 1.165) is 27.8 Å². The summed E-state index contributed by atoms with van der Waals surface area (Å²) < 4.78 is 10.2. The highest BCUT2D eigenvalue weighted by Gasteiger charge is 2.07. The van der Waals surface area contributed by atoms with Gasteiger partial charge >= 0.3 is 6.03 Å². The van der Waals surface area contributed by atoms with Crippen molar-refractivity contribution in [3.8, 4) is 22.8 Å². The molecule has 0 unspecified atom stereocenters. The summed E-state index contributed by atoms with van der Waals surface area (Å²) >= 11 is 1.51. The van der Waals surface area contributed by atoms with Crippen LogP contribution >= 0.6 is 11.3 Å². The van der Waals surface area contributed by atoms with E-state index in [4.69, 9.17) is 9.47 Å². The first kappa shape index (κ1) is 17.8. The number of hydrogen-bond donors (Lipinski definition) is 2. The van der Waals surface area contributed by atoms with E-state index in [-0.39, 0.29) is 6.03 Å². The number of nitrogens with one attached hydrogen (secondary N) is 2. The molecule has 0 radical (unpaired) electrons. The lowest BCUT2D eigenvalue weighted by Crippen LogP contribution is -2.28. The number of anilines is 1. The average Bonchev–Trinajstić information content (AvgIpc) is 3.16. The molecule has 7 heteroatoms. The monoisotopic (exact) mass is 369 g/mol. The van der Waals surface area contributed by atoms with Crippen molar-refractivity contribution in [3.63, 3.8) is 0 Å². The second-order valence-corrected chi connectivity index (χ2v) is 6.33. The Morgan fingerprint density at radius 3 is 2.23 bits per heavy atom. The number of carbonyl (C=O) groups is 1. The Kier molecular flexibility index (Phi) is 5.70. The number of rotatable bonds is 6. The maximum Gasteiger partial charge on any atom is 0.319 e. The van der Waals surface area contributed by atoms with E-state index in [1.54, 1.807) is 38.5 Å². The molecule has 6 nitrogen and oxygen atoms in total. The fourth-order valence-electron chi connectivity index (χ4n) is 2.29. The zero-order valence-corrected chi connectivity index (χ0v) is 15.3. The number of thiazole rings is 1. The Balaban J connectivity index is 1.54. The molecule has 0 aliphatic carbocycles. The van der Waals surface area contributed by atoms with E-state index >= 15 is 0 Å². The molecule has 1 aromatic heterocycles. The molecule has 2 amide bonds. The van der Waals surface area contributed by atoms with Crippen LogP contribution < -0.4 is 20.1 Å². The smallest absolute Gasteiger partial charge is 0.319 e. The zero-order valence-electron chi connectivity index (χ0n) is 14.5. The van der Waals surface area contributed by atoms with Gasteiger partial charge < -0.3 is 20.1 Å². The van der Waals surface area contributed by atoms with E-state index in [1.807, 2.05) is 29.6 Å². The van der Waals surface area contributed by atoms with Crippen LogP contribution in [0.15, 0.2) is 53.9 Å². The minimum Gasteiger partial charge on any atom is -0.497 e. The van der Waals surface area contributed by atoms with Gasteiger partial charge in [0, 0.05) is 16.6 Å². The van der Waals surface area contributed by atoms with Gasteiger partial charge in [-0.05, 0) is 48.5 Å². The molecule has 2 aromatic carbocycles. The van der Waals surface area contributed by atoms with Crippen molar-refractivity contribution in [2.45, 2.75) is 6.54 Å². The van der Waals surface area contributed by atoms with Gasteiger partial charge in [0.25, 0.3) is 0 Å². The third-order valence-corrected chi connectivity index (χ3v) is 4.53. The second-order valence-electron chi connectivity index (χ2n) is 5.39. The Morgan fingerprint density at radius 2 is 1.62 bits per heavy atom. The van der Waals surface area contributed by atoms with E-state index < -0.39 is 0 Å². The van der Waals surface area contributed by atoms with Crippen molar-refractivity contribution in [1.29, 1.82) is 0 Å². The van der Waals surface area contributed by atoms with E-state index in [0.29, 0.717) is 12.2 Å². The molecule has 0 saturated carbocycles. The summed E-state index contributed by atoms with van der Waals surface area (Å²) in [6.45, 7) is 0.364. The predicted octanol–water partition coefficient (Wildman–Crippen LogP) is 4.15. The molecule has 0 bridgehead atoms. The lowest BCUT2D eigenvalue weighted by atomic mass is 10.2. The van der Waals surface area contributed by atoms with Gasteiger partial charge in [-0.15, -0.1) is 11.3 Å². The van der Waals surface area contributed by atoms with Gasteiger partial charge in [0.2, 0.25) is 0 Å². The largest absolute Gasteiger partial charge is 0.497 e. The lowest BCUT2D eigenvalue weighted by molar-refractivity contribution is 0.251. The molecule has 0 aliphatic heterocycles. The fourth-order valence-corrected chi connectivity index (χ4v) is 3.03. The van der Waals surface area contributed by atoms with Gasteiger partial charge in [0.05, 0.1) is 26.5 Å². The third kappa shape index (κ3) is 4.52. The van der Waals surface area contributed by atoms with Gasteiger partial charge in [-0.25, -0.2) is 9.78 Å². The normalized spacial score (nSPS) is 10.2. The SMILES string of the molecule is COc1ccc(NC(=O)NCc2nc(-c3ccc(OC)cc3)cs2)cc1. The van der Waals surface area contributed by atoms with Crippen LogP contribution in [-0.2, 0) is 6.54 Å². The molecule has 3 rings (SSSR count). The van der Waals surface area contributed by atoms with Crippen molar-refractivity contribution in [3.05, 3.63) is 58.9 Å². The molecular formula is C19H19N3O3S. The summed E-state index contributed by atoms with van der Waals surface area (Å²) in [5.41, 5.74) is 2.59. The highest BCUT2D eigenvalue weighted by atomic mass is 32.1. The summed E-state index contributed by atoms with van der Waals surface area (Å²) in [7, 11) is 3.24. The van der Waals surface area contributed by atoms with Crippen LogP contribution in [-0.4, -0.2) is 25.2 Å². The minimum absolute atomic E-state index is 0.281. The van der Waals surface area contributed by atoms with Crippen LogP contribution in [0.2, 0.25) is 0 Å². The molecule has 0 fully saturated rings. The number of carbonyl (C=O) groups excluding carboxylic acids is 1. The summed E-state index contributed by atoms with van der Waals surface area (Å²) in [5.74, 6) is 1.55. The molecule has 134 valence electrons. The van der Waals surface area contributed by atoms with Crippen LogP contribution in [0.1, 0.15) is 5.01 Å². The van der Waals surface area contributed by atoms with Crippen molar-refractivity contribution < 1.29 is 14.3 Å². The van der Waals surface area contributed by atoms with Crippen LogP contribution in [0.4, 0.5) is 10.5 Å². The Bertz CT molecular complexity index is 860. The molecule has 0 atom stereocenters. The van der Waals surface area contributed by atoms with E-state index in [1.165, 1.54) is 11.3 Å². The van der Waals surface area contributed by atoms with Gasteiger partial charge in [-0.2, -0.15) is 0 Å². The van der Waals surface area contributed by atoms with Gasteiger partial charge in [0.15, 0.2) is 0 Å². The average molecular weight is 369 g/mol. The Morgan fingerprint density at radius 1 is 1.00 bits per heavy atom. The number of nitrogens with zero attached hydrogens (tertiary/aromatic N) is 1. The minimum atomic E-state index is -0.281. The van der Waals surface area contributed by atoms with Gasteiger partial charge in [0.1, 0.15) is 16.5 Å². The number of hydrogen-bond acceptors (Lipinski definition) is 5. The fraction of sp³-hybridized carbons (Fsp3) is 0.158. The van der Waals surface area contributed by atoms with E-state index in [9.17, 15) is 4.79 Å². The molecule has 0 aliphatic rings. The highest BCUT2D eigenvalue weighted by Crippen LogP contribution is 2.24. The van der Waals surface area contributed by atoms with Gasteiger partial charge in [-0.1, -0.05) is 0 Å². The standard InChI is InChI=1S/C19H19N3O3S/c1-24-15-7-3-13(4-8-15)17-12-26-18(22-17)11-20-19(23)21-14-5-9-16(25-2)10-6-14/h3-10,12H,11H2,1-2H3,(H2,20,21,23). The summed E-state index contributed by atoms with van der Waals surface area (Å²) in [4.78, 5) is 16.6. The summed E-state index contributed by atoms with van der Waals surface area (Å²) in [6, 6.07) is 14.6. The maximum absolute atomic E-state index is 12.0. The number of amides is 2. The predicted molar refractivity (Wildman–Crippen MR) is 103 cm³/mol. The third-order valence-electron chi connectivity index (χ3n) is 3.69. The topological polar surface area (TPSA) is 72.5 Å². The number of ether oxygens (including phenoxy) is 2. The first-order valence-electron chi connectivity index (χ1n) is 7.95. The van der Waals surface area contributed by atoms with Crippen molar-refractivity contribution in [1.82, 2.24) is 10.3 Å². The van der Waals surface area contributed by atoms with Crippen LogP contribution in [0.5, 0.6) is 11.5 Å². The molecule has 3 aromatic rings. The van der Waals surface area contributed by atoms with Gasteiger partial charge in [-0.3, -0.25) is 0 Å². The summed E-state index contributed by atoms with van der Waals surface area (Å²) in [6.07, 6.45) is 0. The molecule has 2 N–H and O–H groups in total. The van der Waals surface area contributed by atoms with Crippen LogP contribution in [0, 0.1) is 0 Å². The quantitative estimate of drug-likeness (QED) is 0.685. The maximum atomic E-state index is 12.0. The molecule has 26 heavy (non-hydrogen) atoms.